The van der Waals surface area contributed by atoms with Crippen LogP contribution in [0.5, 0.6) is 5.75 Å². The lowest BCUT2D eigenvalue weighted by atomic mass is 9.45. The van der Waals surface area contributed by atoms with Crippen molar-refractivity contribution in [3.63, 3.8) is 0 Å². The predicted molar refractivity (Wildman–Crippen MR) is 159 cm³/mol. The molecule has 3 aromatic rings. The number of nitrogens with zero attached hydrogens (tertiary/aromatic N) is 4. The number of β-amino-alcohol motifs (C(OH)–C–C–N with tert-alkyl or cyclic N) is 1. The summed E-state index contributed by atoms with van der Waals surface area (Å²) in [6.45, 7) is 8.74. The summed E-state index contributed by atoms with van der Waals surface area (Å²) >= 11 is 0. The molecule has 2 bridgehead atoms. The maximum atomic E-state index is 14.4. The number of methoxy groups -OCH3 is 1. The maximum Gasteiger partial charge on any atom is 0.261 e. The summed E-state index contributed by atoms with van der Waals surface area (Å²) in [5.41, 5.74) is 2.13. The maximum absolute atomic E-state index is 14.4. The van der Waals surface area contributed by atoms with Gasteiger partial charge in [0.1, 0.15) is 11.6 Å². The van der Waals surface area contributed by atoms with E-state index >= 15 is 0 Å². The van der Waals surface area contributed by atoms with E-state index in [0.717, 1.165) is 31.0 Å². The number of halogens is 1. The lowest BCUT2D eigenvalue weighted by Crippen LogP contribution is -2.56. The van der Waals surface area contributed by atoms with Crippen molar-refractivity contribution >= 4 is 22.5 Å². The number of fused-ring (bicyclic) bond motifs is 3. The van der Waals surface area contributed by atoms with Crippen LogP contribution in [0.1, 0.15) is 45.6 Å². The van der Waals surface area contributed by atoms with Gasteiger partial charge in [-0.3, -0.25) is 9.36 Å². The van der Waals surface area contributed by atoms with Gasteiger partial charge in [0.25, 0.3) is 5.56 Å². The van der Waals surface area contributed by atoms with Gasteiger partial charge >= 0.3 is 0 Å². The lowest BCUT2D eigenvalue weighted by molar-refractivity contribution is -0.108. The number of hydrogen-bond acceptors (Lipinski definition) is 5. The first-order valence-electron chi connectivity index (χ1n) is 14.7. The van der Waals surface area contributed by atoms with Gasteiger partial charge < -0.3 is 20.1 Å². The number of rotatable bonds is 6. The molecule has 8 nitrogen and oxygen atoms in total. The number of benzene rings is 2. The average molecular weight is 562 g/mol. The largest absolute Gasteiger partial charge is 0.497 e. The number of anilines is 1. The van der Waals surface area contributed by atoms with E-state index in [9.17, 15) is 14.3 Å². The molecular formula is C32H40FN5O3. The topological polar surface area (TPSA) is 92.0 Å². The van der Waals surface area contributed by atoms with Crippen molar-refractivity contribution in [1.29, 1.82) is 0 Å². The highest BCUT2D eigenvalue weighted by atomic mass is 19.1. The van der Waals surface area contributed by atoms with Gasteiger partial charge in [-0.25, -0.2) is 14.4 Å². The van der Waals surface area contributed by atoms with Crippen molar-refractivity contribution in [2.75, 3.05) is 25.5 Å². The monoisotopic (exact) mass is 561 g/mol. The first-order valence-corrected chi connectivity index (χ1v) is 14.7. The summed E-state index contributed by atoms with van der Waals surface area (Å²) in [7, 11) is 1.50. The summed E-state index contributed by atoms with van der Waals surface area (Å²) in [5.74, 6) is 2.79. The van der Waals surface area contributed by atoms with E-state index in [-0.39, 0.29) is 23.5 Å². The summed E-state index contributed by atoms with van der Waals surface area (Å²) in [6, 6.07) is 10.5. The molecule has 3 saturated carbocycles. The van der Waals surface area contributed by atoms with Gasteiger partial charge in [0.2, 0.25) is 0 Å². The second-order valence-electron chi connectivity index (χ2n) is 12.7. The first-order chi connectivity index (χ1) is 19.6. The Morgan fingerprint density at radius 3 is 2.76 bits per heavy atom. The third-order valence-electron chi connectivity index (χ3n) is 10.0. The van der Waals surface area contributed by atoms with Crippen LogP contribution in [0.3, 0.4) is 0 Å². The summed E-state index contributed by atoms with van der Waals surface area (Å²) < 4.78 is 21.0. The zero-order valence-electron chi connectivity index (χ0n) is 24.3. The SMILES string of the molecule is COc1ccc(CCn2cnc3cc(NC(=N[C@H]4C[C@H]5C[C@H]([C@H]4C)C5(C)C)N4CCC(O)C4)ccc3c2=O)c(F)c1. The number of aromatic nitrogens is 2. The Kier molecular flexibility index (Phi) is 7.26. The predicted octanol–water partition coefficient (Wildman–Crippen LogP) is 4.69. The molecule has 1 saturated heterocycles. The number of aliphatic hydroxyl groups is 1. The minimum Gasteiger partial charge on any atom is -0.497 e. The lowest BCUT2D eigenvalue weighted by Gasteiger charge is -2.61. The van der Waals surface area contributed by atoms with Gasteiger partial charge in [-0.1, -0.05) is 26.8 Å². The van der Waals surface area contributed by atoms with Crippen LogP contribution in [0.25, 0.3) is 10.9 Å². The Balaban J connectivity index is 1.21. The fourth-order valence-corrected chi connectivity index (χ4v) is 7.20. The summed E-state index contributed by atoms with van der Waals surface area (Å²) in [6.07, 6.45) is 4.64. The van der Waals surface area contributed by atoms with Gasteiger partial charge in [-0.2, -0.15) is 0 Å². The smallest absolute Gasteiger partial charge is 0.261 e. The highest BCUT2D eigenvalue weighted by molar-refractivity contribution is 5.96. The van der Waals surface area contributed by atoms with Crippen molar-refractivity contribution in [3.05, 3.63) is 64.5 Å². The molecule has 0 radical (unpaired) electrons. The van der Waals surface area contributed by atoms with Crippen LogP contribution in [-0.4, -0.2) is 57.9 Å². The van der Waals surface area contributed by atoms with Crippen molar-refractivity contribution in [2.24, 2.45) is 28.2 Å². The van der Waals surface area contributed by atoms with E-state index in [1.807, 2.05) is 12.1 Å². The molecule has 7 rings (SSSR count). The molecule has 2 aromatic carbocycles. The molecule has 2 N–H and O–H groups in total. The second-order valence-corrected chi connectivity index (χ2v) is 12.7. The Morgan fingerprint density at radius 2 is 2.07 bits per heavy atom. The molecule has 4 aliphatic rings. The van der Waals surface area contributed by atoms with Crippen LogP contribution in [0.2, 0.25) is 0 Å². The summed E-state index contributed by atoms with van der Waals surface area (Å²) in [4.78, 5) is 25.2. The molecule has 0 amide bonds. The molecule has 0 spiro atoms. The molecule has 218 valence electrons. The minimum atomic E-state index is -0.360. The quantitative estimate of drug-likeness (QED) is 0.335. The van der Waals surface area contributed by atoms with Crippen molar-refractivity contribution in [3.8, 4) is 5.75 Å². The number of guanidine groups is 1. The number of aryl methyl sites for hydroxylation is 2. The van der Waals surface area contributed by atoms with Gasteiger partial charge in [0, 0.05) is 31.4 Å². The van der Waals surface area contributed by atoms with Gasteiger partial charge in [0.15, 0.2) is 5.96 Å². The Bertz CT molecular complexity index is 1540. The number of aliphatic hydroxyl groups excluding tert-OH is 1. The zero-order chi connectivity index (χ0) is 28.9. The Hall–Kier alpha value is -3.46. The van der Waals surface area contributed by atoms with Gasteiger partial charge in [-0.05, 0) is 78.7 Å². The average Bonchev–Trinajstić information content (AvgIpc) is 3.39. The first kappa shape index (κ1) is 27.7. The minimum absolute atomic E-state index is 0.162. The molecule has 41 heavy (non-hydrogen) atoms. The van der Waals surface area contributed by atoms with E-state index < -0.39 is 0 Å². The molecule has 5 atom stereocenters. The third-order valence-corrected chi connectivity index (χ3v) is 10.0. The molecule has 1 aromatic heterocycles. The number of likely N-dealkylation sites (tertiary alicyclic amines) is 1. The molecule has 2 heterocycles. The summed E-state index contributed by atoms with van der Waals surface area (Å²) in [5, 5.41) is 14.3. The Morgan fingerprint density at radius 1 is 1.24 bits per heavy atom. The second kappa shape index (κ2) is 10.7. The van der Waals surface area contributed by atoms with Gasteiger partial charge in [0.05, 0.1) is 36.5 Å². The molecule has 9 heteroatoms. The number of ether oxygens (including phenoxy) is 1. The molecule has 4 fully saturated rings. The fraction of sp³-hybridized carbons (Fsp3) is 0.531. The standard InChI is InChI=1S/C32H40FN5O3/c1-19-26-13-21(32(26,2)3)14-28(19)36-31(37-12-10-23(39)17-37)35-22-6-8-25-29(15-22)34-18-38(30(25)40)11-9-20-5-7-24(41-4)16-27(20)33/h5-8,15-16,18-19,21,23,26,28,39H,9-14,17H2,1-4H3,(H,35,36)/t19-,21-,23?,26-,28+/m1/s1. The van der Waals surface area contributed by atoms with Crippen LogP contribution in [0, 0.1) is 29.0 Å². The third kappa shape index (κ3) is 5.20. The number of hydrogen-bond donors (Lipinski definition) is 2. The fourth-order valence-electron chi connectivity index (χ4n) is 7.20. The van der Waals surface area contributed by atoms with Crippen LogP contribution in [0.15, 0.2) is 52.5 Å². The van der Waals surface area contributed by atoms with Crippen molar-refractivity contribution in [1.82, 2.24) is 14.5 Å². The molecule has 1 aliphatic heterocycles. The van der Waals surface area contributed by atoms with Crippen molar-refractivity contribution in [2.45, 2.75) is 65.1 Å². The normalized spacial score (nSPS) is 27.1. The van der Waals surface area contributed by atoms with Gasteiger partial charge in [-0.15, -0.1) is 0 Å². The zero-order valence-corrected chi connectivity index (χ0v) is 24.3. The van der Waals surface area contributed by atoms with E-state index in [1.54, 1.807) is 18.2 Å². The van der Waals surface area contributed by atoms with Crippen LogP contribution in [-0.2, 0) is 13.0 Å². The highest BCUT2D eigenvalue weighted by Gasteiger charge is 2.56. The molecule has 3 aliphatic carbocycles. The van der Waals surface area contributed by atoms with Crippen LogP contribution < -0.4 is 15.6 Å². The number of nitrogens with one attached hydrogen (secondary N) is 1. The van der Waals surface area contributed by atoms with Crippen LogP contribution >= 0.6 is 0 Å². The molecule has 1 unspecified atom stereocenters. The highest BCUT2D eigenvalue weighted by Crippen LogP contribution is 2.61. The Labute approximate surface area is 240 Å². The van der Waals surface area contributed by atoms with Crippen molar-refractivity contribution < 1.29 is 14.2 Å². The van der Waals surface area contributed by atoms with E-state index in [4.69, 9.17) is 9.73 Å². The molecular weight excluding hydrogens is 521 g/mol. The number of aliphatic imine (C=N–C) groups is 1. The van der Waals surface area contributed by atoms with E-state index in [1.165, 1.54) is 30.5 Å². The van der Waals surface area contributed by atoms with Crippen LogP contribution in [0.4, 0.5) is 10.1 Å². The van der Waals surface area contributed by atoms with E-state index in [2.05, 4.69) is 36.0 Å². The van der Waals surface area contributed by atoms with E-state index in [0.29, 0.717) is 64.9 Å².